The molecule has 0 unspecified atom stereocenters. The summed E-state index contributed by atoms with van der Waals surface area (Å²) >= 11 is 0. The minimum absolute atomic E-state index is 0. The molecule has 2 aromatic rings. The second-order valence-electron chi connectivity index (χ2n) is 4.18. The number of H-pyrrole nitrogens is 1. The zero-order chi connectivity index (χ0) is 10.1. The summed E-state index contributed by atoms with van der Waals surface area (Å²) in [5, 5.41) is 0. The molecule has 1 aromatic heterocycles. The summed E-state index contributed by atoms with van der Waals surface area (Å²) in [5.41, 5.74) is 2.22. The van der Waals surface area contributed by atoms with E-state index in [4.69, 9.17) is 0 Å². The van der Waals surface area contributed by atoms with Gasteiger partial charge in [0.15, 0.2) is 0 Å². The van der Waals surface area contributed by atoms with Crippen LogP contribution in [0.5, 0.6) is 0 Å². The third-order valence-electron chi connectivity index (χ3n) is 3.01. The van der Waals surface area contributed by atoms with Crippen LogP contribution in [0.2, 0.25) is 0 Å². The van der Waals surface area contributed by atoms with E-state index in [-0.39, 0.29) is 12.4 Å². The fraction of sp³-hybridized carbons (Fsp3) is 0.417. The van der Waals surface area contributed by atoms with Gasteiger partial charge in [-0.2, -0.15) is 0 Å². The van der Waals surface area contributed by atoms with E-state index in [0.717, 1.165) is 23.4 Å². The topological polar surface area (TPSA) is 31.9 Å². The summed E-state index contributed by atoms with van der Waals surface area (Å²) < 4.78 is 0. The Bertz CT molecular complexity index is 427. The Balaban J connectivity index is 0.000000963. The van der Waals surface area contributed by atoms with Crippen molar-refractivity contribution < 1.29 is 0 Å². The highest BCUT2D eigenvalue weighted by Gasteiger charge is 2.13. The molecular formula is C12H16ClN3. The first kappa shape index (κ1) is 11.4. The number of benzene rings is 1. The Labute approximate surface area is 101 Å². The Morgan fingerprint density at radius 1 is 1.19 bits per heavy atom. The number of halogens is 1. The fourth-order valence-corrected chi connectivity index (χ4v) is 2.23. The zero-order valence-corrected chi connectivity index (χ0v) is 9.96. The van der Waals surface area contributed by atoms with Crippen molar-refractivity contribution in [2.75, 3.05) is 13.1 Å². The highest BCUT2D eigenvalue weighted by Crippen LogP contribution is 2.14. The van der Waals surface area contributed by atoms with Gasteiger partial charge in [0.1, 0.15) is 5.82 Å². The third-order valence-corrected chi connectivity index (χ3v) is 3.01. The second kappa shape index (κ2) is 4.85. The number of para-hydroxylation sites is 2. The molecule has 3 nitrogen and oxygen atoms in total. The van der Waals surface area contributed by atoms with Gasteiger partial charge in [-0.1, -0.05) is 12.1 Å². The van der Waals surface area contributed by atoms with E-state index in [1.807, 2.05) is 12.1 Å². The van der Waals surface area contributed by atoms with E-state index in [9.17, 15) is 0 Å². The van der Waals surface area contributed by atoms with Gasteiger partial charge in [-0.05, 0) is 38.1 Å². The van der Waals surface area contributed by atoms with Crippen molar-refractivity contribution in [2.45, 2.75) is 19.4 Å². The number of hydrogen-bond acceptors (Lipinski definition) is 2. The van der Waals surface area contributed by atoms with E-state index in [0.29, 0.717) is 0 Å². The van der Waals surface area contributed by atoms with Crippen molar-refractivity contribution >= 4 is 23.4 Å². The van der Waals surface area contributed by atoms with Crippen molar-refractivity contribution in [1.82, 2.24) is 14.9 Å². The highest BCUT2D eigenvalue weighted by molar-refractivity contribution is 5.85. The van der Waals surface area contributed by atoms with Crippen LogP contribution in [-0.4, -0.2) is 28.0 Å². The van der Waals surface area contributed by atoms with Crippen LogP contribution < -0.4 is 0 Å². The van der Waals surface area contributed by atoms with Crippen LogP contribution in [0, 0.1) is 0 Å². The molecule has 1 aliphatic rings. The number of hydrogen-bond donors (Lipinski definition) is 1. The lowest BCUT2D eigenvalue weighted by atomic mass is 10.3. The zero-order valence-electron chi connectivity index (χ0n) is 9.15. The van der Waals surface area contributed by atoms with Gasteiger partial charge in [0.05, 0.1) is 17.6 Å². The molecular weight excluding hydrogens is 222 g/mol. The largest absolute Gasteiger partial charge is 0.341 e. The normalized spacial score (nSPS) is 16.5. The molecule has 86 valence electrons. The summed E-state index contributed by atoms with van der Waals surface area (Å²) in [6, 6.07) is 8.21. The Kier molecular flexibility index (Phi) is 3.46. The monoisotopic (exact) mass is 237 g/mol. The van der Waals surface area contributed by atoms with Crippen LogP contribution in [0.25, 0.3) is 11.0 Å². The van der Waals surface area contributed by atoms with Gasteiger partial charge in [0, 0.05) is 0 Å². The standard InChI is InChI=1S/C12H15N3.ClH/c1-2-6-11-10(5-1)13-12(14-11)9-15-7-3-4-8-15;/h1-2,5-6H,3-4,7-9H2,(H,13,14);1H. The molecule has 0 atom stereocenters. The molecule has 1 saturated heterocycles. The molecule has 0 radical (unpaired) electrons. The van der Waals surface area contributed by atoms with Gasteiger partial charge >= 0.3 is 0 Å². The van der Waals surface area contributed by atoms with Crippen LogP contribution in [-0.2, 0) is 6.54 Å². The minimum Gasteiger partial charge on any atom is -0.341 e. The maximum Gasteiger partial charge on any atom is 0.121 e. The van der Waals surface area contributed by atoms with Crippen LogP contribution in [0.15, 0.2) is 24.3 Å². The summed E-state index contributed by atoms with van der Waals surface area (Å²) in [6.07, 6.45) is 2.67. The molecule has 4 heteroatoms. The lowest BCUT2D eigenvalue weighted by Crippen LogP contribution is -2.19. The molecule has 0 amide bonds. The molecule has 0 aliphatic carbocycles. The SMILES string of the molecule is Cl.c1ccc2[nH]c(CN3CCCC3)nc2c1. The Morgan fingerprint density at radius 3 is 2.69 bits per heavy atom. The van der Waals surface area contributed by atoms with Crippen molar-refractivity contribution in [2.24, 2.45) is 0 Å². The molecule has 0 saturated carbocycles. The van der Waals surface area contributed by atoms with Gasteiger partial charge in [-0.25, -0.2) is 4.98 Å². The molecule has 1 aromatic carbocycles. The van der Waals surface area contributed by atoms with Crippen LogP contribution >= 0.6 is 12.4 Å². The lowest BCUT2D eigenvalue weighted by molar-refractivity contribution is 0.324. The predicted molar refractivity (Wildman–Crippen MR) is 67.9 cm³/mol. The molecule has 1 fully saturated rings. The predicted octanol–water partition coefficient (Wildman–Crippen LogP) is 2.58. The second-order valence-corrected chi connectivity index (χ2v) is 4.18. The number of imidazole rings is 1. The smallest absolute Gasteiger partial charge is 0.121 e. The number of aromatic amines is 1. The first-order chi connectivity index (χ1) is 7.42. The van der Waals surface area contributed by atoms with E-state index in [1.165, 1.54) is 25.9 Å². The van der Waals surface area contributed by atoms with Gasteiger partial charge < -0.3 is 4.98 Å². The molecule has 16 heavy (non-hydrogen) atoms. The quantitative estimate of drug-likeness (QED) is 0.871. The maximum absolute atomic E-state index is 4.58. The van der Waals surface area contributed by atoms with Crippen molar-refractivity contribution in [3.63, 3.8) is 0 Å². The average Bonchev–Trinajstić information content (AvgIpc) is 2.86. The minimum atomic E-state index is 0. The summed E-state index contributed by atoms with van der Waals surface area (Å²) in [5.74, 6) is 1.10. The lowest BCUT2D eigenvalue weighted by Gasteiger charge is -2.11. The van der Waals surface area contributed by atoms with Gasteiger partial charge in [-0.3, -0.25) is 4.90 Å². The van der Waals surface area contributed by atoms with Crippen molar-refractivity contribution in [3.8, 4) is 0 Å². The fourth-order valence-electron chi connectivity index (χ4n) is 2.23. The molecule has 1 N–H and O–H groups in total. The number of fused-ring (bicyclic) bond motifs is 1. The molecule has 0 bridgehead atoms. The summed E-state index contributed by atoms with van der Waals surface area (Å²) in [6.45, 7) is 3.41. The van der Waals surface area contributed by atoms with Crippen LogP contribution in [0.3, 0.4) is 0 Å². The first-order valence-electron chi connectivity index (χ1n) is 5.58. The number of aromatic nitrogens is 2. The Morgan fingerprint density at radius 2 is 1.94 bits per heavy atom. The Hall–Kier alpha value is -1.06. The maximum atomic E-state index is 4.58. The van der Waals surface area contributed by atoms with E-state index in [1.54, 1.807) is 0 Å². The van der Waals surface area contributed by atoms with Crippen LogP contribution in [0.1, 0.15) is 18.7 Å². The van der Waals surface area contributed by atoms with Gasteiger partial charge in [-0.15, -0.1) is 12.4 Å². The van der Waals surface area contributed by atoms with E-state index >= 15 is 0 Å². The third kappa shape index (κ3) is 2.20. The molecule has 1 aliphatic heterocycles. The summed E-state index contributed by atoms with van der Waals surface area (Å²) in [7, 11) is 0. The molecule has 3 rings (SSSR count). The van der Waals surface area contributed by atoms with Crippen molar-refractivity contribution in [1.29, 1.82) is 0 Å². The van der Waals surface area contributed by atoms with Crippen LogP contribution in [0.4, 0.5) is 0 Å². The van der Waals surface area contributed by atoms with Gasteiger partial charge in [0.2, 0.25) is 0 Å². The van der Waals surface area contributed by atoms with Gasteiger partial charge in [0.25, 0.3) is 0 Å². The molecule has 2 heterocycles. The highest BCUT2D eigenvalue weighted by atomic mass is 35.5. The summed E-state index contributed by atoms with van der Waals surface area (Å²) in [4.78, 5) is 10.4. The number of nitrogens with zero attached hydrogens (tertiary/aromatic N) is 2. The number of rotatable bonds is 2. The number of nitrogens with one attached hydrogen (secondary N) is 1. The van der Waals surface area contributed by atoms with Crippen molar-refractivity contribution in [3.05, 3.63) is 30.1 Å². The average molecular weight is 238 g/mol. The van der Waals surface area contributed by atoms with E-state index < -0.39 is 0 Å². The molecule has 0 spiro atoms. The number of likely N-dealkylation sites (tertiary alicyclic amines) is 1. The first-order valence-corrected chi connectivity index (χ1v) is 5.58. The van der Waals surface area contributed by atoms with E-state index in [2.05, 4.69) is 27.0 Å².